The van der Waals surface area contributed by atoms with Crippen LogP contribution in [0.1, 0.15) is 23.6 Å². The SMILES string of the molecule is COc1cccc(CCN(CCNC(=O)Cc2ccc(C)cc2)C(C)=O)c1. The lowest BCUT2D eigenvalue weighted by atomic mass is 10.1. The molecular weight excluding hydrogens is 340 g/mol. The Hall–Kier alpha value is -2.82. The summed E-state index contributed by atoms with van der Waals surface area (Å²) in [4.78, 5) is 25.7. The predicted octanol–water partition coefficient (Wildman–Crippen LogP) is 2.75. The largest absolute Gasteiger partial charge is 0.497 e. The van der Waals surface area contributed by atoms with Gasteiger partial charge in [-0.25, -0.2) is 0 Å². The van der Waals surface area contributed by atoms with E-state index in [-0.39, 0.29) is 11.8 Å². The average Bonchev–Trinajstić information content (AvgIpc) is 2.66. The molecule has 0 radical (unpaired) electrons. The Kier molecular flexibility index (Phi) is 7.86. The second kappa shape index (κ2) is 10.4. The maximum absolute atomic E-state index is 12.1. The lowest BCUT2D eigenvalue weighted by molar-refractivity contribution is -0.129. The van der Waals surface area contributed by atoms with E-state index in [1.165, 1.54) is 5.56 Å². The summed E-state index contributed by atoms with van der Waals surface area (Å²) in [5.74, 6) is 0.783. The van der Waals surface area contributed by atoms with Crippen molar-refractivity contribution in [1.29, 1.82) is 0 Å². The van der Waals surface area contributed by atoms with Gasteiger partial charge in [0, 0.05) is 26.6 Å². The van der Waals surface area contributed by atoms with Crippen LogP contribution in [0.25, 0.3) is 0 Å². The first-order valence-corrected chi connectivity index (χ1v) is 9.18. The highest BCUT2D eigenvalue weighted by Crippen LogP contribution is 2.13. The van der Waals surface area contributed by atoms with E-state index in [4.69, 9.17) is 4.74 Å². The first-order chi connectivity index (χ1) is 13.0. The molecule has 0 heterocycles. The van der Waals surface area contributed by atoms with E-state index in [1.807, 2.05) is 55.5 Å². The minimum atomic E-state index is -0.0323. The van der Waals surface area contributed by atoms with Crippen molar-refractivity contribution in [3.05, 3.63) is 65.2 Å². The molecule has 2 aromatic carbocycles. The van der Waals surface area contributed by atoms with E-state index in [1.54, 1.807) is 18.9 Å². The van der Waals surface area contributed by atoms with Crippen LogP contribution >= 0.6 is 0 Å². The third-order valence-electron chi connectivity index (χ3n) is 4.44. The van der Waals surface area contributed by atoms with E-state index in [0.29, 0.717) is 26.1 Å². The normalized spacial score (nSPS) is 10.3. The van der Waals surface area contributed by atoms with Crippen LogP contribution in [0.3, 0.4) is 0 Å². The molecule has 0 saturated heterocycles. The zero-order valence-electron chi connectivity index (χ0n) is 16.3. The molecule has 0 aliphatic heterocycles. The van der Waals surface area contributed by atoms with E-state index in [2.05, 4.69) is 5.32 Å². The molecule has 5 heteroatoms. The van der Waals surface area contributed by atoms with Gasteiger partial charge in [0.05, 0.1) is 13.5 Å². The van der Waals surface area contributed by atoms with Crippen molar-refractivity contribution in [3.63, 3.8) is 0 Å². The van der Waals surface area contributed by atoms with Gasteiger partial charge in [-0.15, -0.1) is 0 Å². The maximum Gasteiger partial charge on any atom is 0.224 e. The van der Waals surface area contributed by atoms with Gasteiger partial charge < -0.3 is 15.0 Å². The smallest absolute Gasteiger partial charge is 0.224 e. The van der Waals surface area contributed by atoms with Crippen molar-refractivity contribution in [2.45, 2.75) is 26.7 Å². The van der Waals surface area contributed by atoms with Crippen molar-refractivity contribution in [2.75, 3.05) is 26.7 Å². The van der Waals surface area contributed by atoms with Crippen molar-refractivity contribution in [3.8, 4) is 5.75 Å². The van der Waals surface area contributed by atoms with Crippen molar-refractivity contribution in [1.82, 2.24) is 10.2 Å². The second-order valence-electron chi connectivity index (χ2n) is 6.62. The monoisotopic (exact) mass is 368 g/mol. The molecule has 0 unspecified atom stereocenters. The van der Waals surface area contributed by atoms with Crippen LogP contribution in [-0.4, -0.2) is 43.5 Å². The fourth-order valence-corrected chi connectivity index (χ4v) is 2.80. The molecule has 0 aliphatic rings. The van der Waals surface area contributed by atoms with Crippen LogP contribution in [0.2, 0.25) is 0 Å². The second-order valence-corrected chi connectivity index (χ2v) is 6.62. The molecule has 2 rings (SSSR count). The molecule has 5 nitrogen and oxygen atoms in total. The number of nitrogens with zero attached hydrogens (tertiary/aromatic N) is 1. The molecule has 0 spiro atoms. The molecule has 0 fully saturated rings. The zero-order valence-corrected chi connectivity index (χ0v) is 16.3. The Bertz CT molecular complexity index is 756. The van der Waals surface area contributed by atoms with Crippen LogP contribution < -0.4 is 10.1 Å². The number of aryl methyl sites for hydroxylation is 1. The summed E-state index contributed by atoms with van der Waals surface area (Å²) < 4.78 is 5.23. The summed E-state index contributed by atoms with van der Waals surface area (Å²) in [5.41, 5.74) is 3.27. The quantitative estimate of drug-likeness (QED) is 0.740. The number of carbonyl (C=O) groups excluding carboxylic acids is 2. The number of amides is 2. The summed E-state index contributed by atoms with van der Waals surface area (Å²) in [6.07, 6.45) is 1.10. The van der Waals surface area contributed by atoms with Gasteiger partial charge in [0.2, 0.25) is 11.8 Å². The standard InChI is InChI=1S/C22H28N2O3/c1-17-7-9-20(10-8-17)16-22(26)23-12-14-24(18(2)25)13-11-19-5-4-6-21(15-19)27-3/h4-10,15H,11-14,16H2,1-3H3,(H,23,26). The summed E-state index contributed by atoms with van der Waals surface area (Å²) >= 11 is 0. The third-order valence-corrected chi connectivity index (χ3v) is 4.44. The van der Waals surface area contributed by atoms with Gasteiger partial charge in [0.25, 0.3) is 0 Å². The van der Waals surface area contributed by atoms with Gasteiger partial charge in [0.15, 0.2) is 0 Å². The van der Waals surface area contributed by atoms with Crippen molar-refractivity contribution in [2.24, 2.45) is 0 Å². The molecule has 0 aliphatic carbocycles. The minimum absolute atomic E-state index is 0.00526. The Labute approximate surface area is 161 Å². The Morgan fingerprint density at radius 1 is 1.04 bits per heavy atom. The van der Waals surface area contributed by atoms with Crippen molar-refractivity contribution >= 4 is 11.8 Å². The molecule has 2 amide bonds. The number of rotatable bonds is 9. The third kappa shape index (κ3) is 7.13. The first-order valence-electron chi connectivity index (χ1n) is 9.18. The fourth-order valence-electron chi connectivity index (χ4n) is 2.80. The molecule has 2 aromatic rings. The van der Waals surface area contributed by atoms with Crippen LogP contribution in [0.5, 0.6) is 5.75 Å². The van der Waals surface area contributed by atoms with Gasteiger partial charge >= 0.3 is 0 Å². The highest BCUT2D eigenvalue weighted by molar-refractivity contribution is 5.78. The van der Waals surface area contributed by atoms with Crippen molar-refractivity contribution < 1.29 is 14.3 Å². The lowest BCUT2D eigenvalue weighted by Gasteiger charge is -2.21. The Balaban J connectivity index is 1.77. The topological polar surface area (TPSA) is 58.6 Å². The Morgan fingerprint density at radius 2 is 1.78 bits per heavy atom. The van der Waals surface area contributed by atoms with Gasteiger partial charge in [-0.3, -0.25) is 9.59 Å². The predicted molar refractivity (Wildman–Crippen MR) is 107 cm³/mol. The number of hydrogen-bond acceptors (Lipinski definition) is 3. The highest BCUT2D eigenvalue weighted by atomic mass is 16.5. The van der Waals surface area contributed by atoms with Crippen LogP contribution in [0, 0.1) is 6.92 Å². The summed E-state index contributed by atoms with van der Waals surface area (Å²) in [7, 11) is 1.64. The molecule has 144 valence electrons. The summed E-state index contributed by atoms with van der Waals surface area (Å²) in [6.45, 7) is 5.13. The number of methoxy groups -OCH3 is 1. The highest BCUT2D eigenvalue weighted by Gasteiger charge is 2.10. The zero-order chi connectivity index (χ0) is 19.6. The molecule has 0 bridgehead atoms. The molecule has 0 aromatic heterocycles. The van der Waals surface area contributed by atoms with E-state index >= 15 is 0 Å². The number of hydrogen-bond donors (Lipinski definition) is 1. The van der Waals surface area contributed by atoms with Crippen LogP contribution in [0.15, 0.2) is 48.5 Å². The van der Waals surface area contributed by atoms with E-state index < -0.39 is 0 Å². The molecule has 0 saturated carbocycles. The van der Waals surface area contributed by atoms with Gasteiger partial charge in [-0.2, -0.15) is 0 Å². The van der Waals surface area contributed by atoms with Gasteiger partial charge in [-0.1, -0.05) is 42.0 Å². The maximum atomic E-state index is 12.1. The fraction of sp³-hybridized carbons (Fsp3) is 0.364. The number of ether oxygens (including phenoxy) is 1. The van der Waals surface area contributed by atoms with Crippen LogP contribution in [0.4, 0.5) is 0 Å². The lowest BCUT2D eigenvalue weighted by Crippen LogP contribution is -2.39. The molecule has 1 N–H and O–H groups in total. The van der Waals surface area contributed by atoms with E-state index in [9.17, 15) is 9.59 Å². The summed E-state index contributed by atoms with van der Waals surface area (Å²) in [5, 5.41) is 2.89. The summed E-state index contributed by atoms with van der Waals surface area (Å²) in [6, 6.07) is 15.8. The molecule has 0 atom stereocenters. The van der Waals surface area contributed by atoms with Gasteiger partial charge in [-0.05, 0) is 36.6 Å². The Morgan fingerprint density at radius 3 is 2.44 bits per heavy atom. The number of carbonyl (C=O) groups is 2. The first kappa shape index (κ1) is 20.5. The molecular formula is C22H28N2O3. The molecule has 27 heavy (non-hydrogen) atoms. The van der Waals surface area contributed by atoms with Crippen LogP contribution in [-0.2, 0) is 22.4 Å². The van der Waals surface area contributed by atoms with Gasteiger partial charge in [0.1, 0.15) is 5.75 Å². The minimum Gasteiger partial charge on any atom is -0.497 e. The number of nitrogens with one attached hydrogen (secondary N) is 1. The average molecular weight is 368 g/mol. The number of benzene rings is 2. The van der Waals surface area contributed by atoms with E-state index in [0.717, 1.165) is 23.3 Å².